The molecule has 120 valence electrons. The molecule has 0 radical (unpaired) electrons. The SMILES string of the molecule is CC(C)c1nc(CN(C)c2nc3c(cc2C#N)CCCC3)no1. The van der Waals surface area contributed by atoms with Crippen LogP contribution in [0.3, 0.4) is 0 Å². The van der Waals surface area contributed by atoms with Crippen LogP contribution < -0.4 is 4.90 Å². The monoisotopic (exact) mass is 311 g/mol. The minimum absolute atomic E-state index is 0.207. The Bertz CT molecular complexity index is 744. The van der Waals surface area contributed by atoms with Gasteiger partial charge in [-0.1, -0.05) is 19.0 Å². The molecule has 0 atom stereocenters. The topological polar surface area (TPSA) is 78.8 Å². The van der Waals surface area contributed by atoms with Crippen LogP contribution in [0.2, 0.25) is 0 Å². The number of pyridine rings is 1. The highest BCUT2D eigenvalue weighted by molar-refractivity contribution is 5.56. The van der Waals surface area contributed by atoms with Crippen LogP contribution in [-0.2, 0) is 19.4 Å². The maximum Gasteiger partial charge on any atom is 0.229 e. The van der Waals surface area contributed by atoms with Gasteiger partial charge in [-0.15, -0.1) is 0 Å². The Morgan fingerprint density at radius 3 is 2.78 bits per heavy atom. The van der Waals surface area contributed by atoms with Crippen LogP contribution in [0.4, 0.5) is 5.82 Å². The second kappa shape index (κ2) is 6.37. The van der Waals surface area contributed by atoms with E-state index in [9.17, 15) is 5.26 Å². The van der Waals surface area contributed by atoms with Gasteiger partial charge in [0.2, 0.25) is 5.89 Å². The Balaban J connectivity index is 1.86. The fourth-order valence-electron chi connectivity index (χ4n) is 2.85. The molecule has 2 heterocycles. The summed E-state index contributed by atoms with van der Waals surface area (Å²) < 4.78 is 5.24. The highest BCUT2D eigenvalue weighted by atomic mass is 16.5. The maximum atomic E-state index is 9.45. The van der Waals surface area contributed by atoms with Crippen LogP contribution in [0.5, 0.6) is 0 Å². The third-order valence-corrected chi connectivity index (χ3v) is 4.12. The van der Waals surface area contributed by atoms with Crippen LogP contribution >= 0.6 is 0 Å². The molecule has 0 aromatic carbocycles. The number of anilines is 1. The van der Waals surface area contributed by atoms with E-state index in [2.05, 4.69) is 16.2 Å². The Kier molecular flexibility index (Phi) is 4.28. The van der Waals surface area contributed by atoms with Gasteiger partial charge >= 0.3 is 0 Å². The molecule has 2 aromatic rings. The summed E-state index contributed by atoms with van der Waals surface area (Å²) in [5.41, 5.74) is 2.94. The number of rotatable bonds is 4. The van der Waals surface area contributed by atoms with E-state index in [1.165, 1.54) is 12.0 Å². The molecule has 0 spiro atoms. The van der Waals surface area contributed by atoms with E-state index < -0.39 is 0 Å². The fraction of sp³-hybridized carbons (Fsp3) is 0.529. The van der Waals surface area contributed by atoms with Crippen molar-refractivity contribution in [2.75, 3.05) is 11.9 Å². The van der Waals surface area contributed by atoms with Gasteiger partial charge in [-0.25, -0.2) is 4.98 Å². The number of nitrogens with zero attached hydrogens (tertiary/aromatic N) is 5. The lowest BCUT2D eigenvalue weighted by molar-refractivity contribution is 0.360. The number of fused-ring (bicyclic) bond motifs is 1. The Morgan fingerprint density at radius 1 is 1.30 bits per heavy atom. The van der Waals surface area contributed by atoms with Crippen LogP contribution in [-0.4, -0.2) is 22.2 Å². The molecule has 0 fully saturated rings. The first-order valence-electron chi connectivity index (χ1n) is 8.05. The average Bonchev–Trinajstić information content (AvgIpc) is 3.02. The van der Waals surface area contributed by atoms with Crippen LogP contribution in [0.25, 0.3) is 0 Å². The molecule has 6 heteroatoms. The number of aryl methyl sites for hydroxylation is 2. The van der Waals surface area contributed by atoms with E-state index in [1.54, 1.807) is 0 Å². The predicted molar refractivity (Wildman–Crippen MR) is 86.1 cm³/mol. The van der Waals surface area contributed by atoms with Crippen molar-refractivity contribution in [1.29, 1.82) is 5.26 Å². The zero-order valence-electron chi connectivity index (χ0n) is 13.8. The van der Waals surface area contributed by atoms with E-state index in [0.717, 1.165) is 25.0 Å². The van der Waals surface area contributed by atoms with E-state index in [4.69, 9.17) is 9.51 Å². The van der Waals surface area contributed by atoms with Gasteiger partial charge < -0.3 is 9.42 Å². The smallest absolute Gasteiger partial charge is 0.229 e. The lowest BCUT2D eigenvalue weighted by atomic mass is 9.95. The molecule has 1 aliphatic carbocycles. The van der Waals surface area contributed by atoms with Gasteiger partial charge in [0.25, 0.3) is 0 Å². The van der Waals surface area contributed by atoms with Gasteiger partial charge in [0.1, 0.15) is 11.9 Å². The molecule has 0 saturated heterocycles. The van der Waals surface area contributed by atoms with Crippen molar-refractivity contribution in [3.05, 3.63) is 34.6 Å². The van der Waals surface area contributed by atoms with Gasteiger partial charge in [-0.3, -0.25) is 0 Å². The summed E-state index contributed by atoms with van der Waals surface area (Å²) in [5.74, 6) is 2.15. The quantitative estimate of drug-likeness (QED) is 0.863. The highest BCUT2D eigenvalue weighted by Gasteiger charge is 2.19. The second-order valence-corrected chi connectivity index (χ2v) is 6.34. The van der Waals surface area contributed by atoms with E-state index in [-0.39, 0.29) is 5.92 Å². The standard InChI is InChI=1S/C17H21N5O/c1-11(2)17-20-15(21-23-17)10-22(3)16-13(9-18)8-12-6-4-5-7-14(12)19-16/h8,11H,4-7,10H2,1-3H3. The number of nitriles is 1. The van der Waals surface area contributed by atoms with Crippen molar-refractivity contribution in [2.45, 2.75) is 52.0 Å². The van der Waals surface area contributed by atoms with Crippen molar-refractivity contribution in [2.24, 2.45) is 0 Å². The van der Waals surface area contributed by atoms with Gasteiger partial charge in [0, 0.05) is 18.7 Å². The molecule has 0 bridgehead atoms. The molecule has 6 nitrogen and oxygen atoms in total. The first kappa shape index (κ1) is 15.5. The van der Waals surface area contributed by atoms with Crippen LogP contribution in [0.15, 0.2) is 10.6 Å². The summed E-state index contributed by atoms with van der Waals surface area (Å²) in [4.78, 5) is 11.0. The second-order valence-electron chi connectivity index (χ2n) is 6.34. The minimum atomic E-state index is 0.207. The van der Waals surface area contributed by atoms with Crippen molar-refractivity contribution in [3.8, 4) is 6.07 Å². The highest BCUT2D eigenvalue weighted by Crippen LogP contribution is 2.26. The van der Waals surface area contributed by atoms with Gasteiger partial charge in [0.15, 0.2) is 5.82 Å². The molecule has 0 unspecified atom stereocenters. The van der Waals surface area contributed by atoms with Gasteiger partial charge in [-0.2, -0.15) is 10.2 Å². The Hall–Kier alpha value is -2.42. The van der Waals surface area contributed by atoms with Crippen molar-refractivity contribution >= 4 is 5.82 Å². The predicted octanol–water partition coefficient (Wildman–Crippen LogP) is 2.97. The minimum Gasteiger partial charge on any atom is -0.351 e. The molecule has 0 aliphatic heterocycles. The first-order valence-corrected chi connectivity index (χ1v) is 8.05. The lowest BCUT2D eigenvalue weighted by Gasteiger charge is -2.22. The fourth-order valence-corrected chi connectivity index (χ4v) is 2.85. The molecule has 0 amide bonds. The van der Waals surface area contributed by atoms with E-state index >= 15 is 0 Å². The molecular weight excluding hydrogens is 290 g/mol. The first-order chi connectivity index (χ1) is 11.1. The summed E-state index contributed by atoms with van der Waals surface area (Å²) in [6.07, 6.45) is 4.35. The summed E-state index contributed by atoms with van der Waals surface area (Å²) >= 11 is 0. The average molecular weight is 311 g/mol. The molecule has 0 saturated carbocycles. The zero-order chi connectivity index (χ0) is 16.4. The summed E-state index contributed by atoms with van der Waals surface area (Å²) in [6, 6.07) is 4.26. The Labute approximate surface area is 136 Å². The zero-order valence-corrected chi connectivity index (χ0v) is 13.8. The van der Waals surface area contributed by atoms with Crippen molar-refractivity contribution < 1.29 is 4.52 Å². The van der Waals surface area contributed by atoms with Gasteiger partial charge in [0.05, 0.1) is 12.1 Å². The molecule has 2 aromatic heterocycles. The third-order valence-electron chi connectivity index (χ3n) is 4.12. The van der Waals surface area contributed by atoms with E-state index in [1.807, 2.05) is 31.9 Å². The lowest BCUT2D eigenvalue weighted by Crippen LogP contribution is -2.21. The molecule has 23 heavy (non-hydrogen) atoms. The number of hydrogen-bond donors (Lipinski definition) is 0. The number of hydrogen-bond acceptors (Lipinski definition) is 6. The normalized spacial score (nSPS) is 13.7. The van der Waals surface area contributed by atoms with Crippen molar-refractivity contribution in [3.63, 3.8) is 0 Å². The molecular formula is C17H21N5O. The maximum absolute atomic E-state index is 9.45. The summed E-state index contributed by atoms with van der Waals surface area (Å²) in [5, 5.41) is 13.5. The summed E-state index contributed by atoms with van der Waals surface area (Å²) in [6.45, 7) is 4.50. The van der Waals surface area contributed by atoms with Crippen LogP contribution in [0.1, 0.15) is 61.1 Å². The summed E-state index contributed by atoms with van der Waals surface area (Å²) in [7, 11) is 1.91. The largest absolute Gasteiger partial charge is 0.351 e. The Morgan fingerprint density at radius 2 is 2.09 bits per heavy atom. The van der Waals surface area contributed by atoms with Crippen molar-refractivity contribution in [1.82, 2.24) is 15.1 Å². The third kappa shape index (κ3) is 3.19. The van der Waals surface area contributed by atoms with E-state index in [0.29, 0.717) is 29.6 Å². The molecule has 1 aliphatic rings. The van der Waals surface area contributed by atoms with Crippen LogP contribution in [0, 0.1) is 11.3 Å². The molecule has 0 N–H and O–H groups in total. The molecule has 3 rings (SSSR count). The van der Waals surface area contributed by atoms with Gasteiger partial charge in [-0.05, 0) is 37.3 Å². The number of aromatic nitrogens is 3.